The van der Waals surface area contributed by atoms with E-state index in [0.29, 0.717) is 29.2 Å². The van der Waals surface area contributed by atoms with Crippen molar-refractivity contribution in [2.45, 2.75) is 13.3 Å². The number of amides is 2. The van der Waals surface area contributed by atoms with Gasteiger partial charge in [0.15, 0.2) is 0 Å². The van der Waals surface area contributed by atoms with Gasteiger partial charge in [0, 0.05) is 22.1 Å². The fourth-order valence-corrected chi connectivity index (χ4v) is 4.34. The van der Waals surface area contributed by atoms with Crippen LogP contribution in [0.25, 0.3) is 5.57 Å². The van der Waals surface area contributed by atoms with Crippen molar-refractivity contribution in [1.29, 1.82) is 0 Å². The monoisotopic (exact) mass is 452 g/mol. The van der Waals surface area contributed by atoms with E-state index in [-0.39, 0.29) is 17.5 Å². The highest BCUT2D eigenvalue weighted by Crippen LogP contribution is 2.33. The lowest BCUT2D eigenvalue weighted by Gasteiger charge is -2.15. The number of anilines is 1. The Hall–Kier alpha value is -3.09. The fourth-order valence-electron chi connectivity index (χ4n) is 3.39. The Balaban J connectivity index is 1.60. The molecule has 2 heterocycles. The lowest BCUT2D eigenvalue weighted by Crippen LogP contribution is -2.34. The smallest absolute Gasteiger partial charge is 0.278 e. The number of methoxy groups -OCH3 is 1. The Bertz CT molecular complexity index is 1150. The molecule has 1 aliphatic heterocycles. The second kappa shape index (κ2) is 8.96. The third-order valence-corrected chi connectivity index (χ3v) is 6.45. The molecule has 1 aliphatic rings. The van der Waals surface area contributed by atoms with Gasteiger partial charge in [-0.1, -0.05) is 35.9 Å². The highest BCUT2D eigenvalue weighted by Gasteiger charge is 2.39. The number of nitrogens with zero attached hydrogens (tertiary/aromatic N) is 1. The number of aryl methyl sites for hydroxylation is 1. The zero-order valence-corrected chi connectivity index (χ0v) is 18.7. The van der Waals surface area contributed by atoms with Crippen LogP contribution in [0, 0.1) is 6.92 Å². The minimum atomic E-state index is -0.335. The Kier molecular flexibility index (Phi) is 6.11. The Morgan fingerprint density at radius 3 is 2.48 bits per heavy atom. The molecule has 0 spiro atoms. The van der Waals surface area contributed by atoms with E-state index < -0.39 is 0 Å². The number of ether oxygens (including phenoxy) is 1. The van der Waals surface area contributed by atoms with Crippen LogP contribution in [-0.4, -0.2) is 30.4 Å². The summed E-state index contributed by atoms with van der Waals surface area (Å²) in [6.45, 7) is 2.20. The van der Waals surface area contributed by atoms with Gasteiger partial charge in [-0.25, -0.2) is 0 Å². The summed E-state index contributed by atoms with van der Waals surface area (Å²) >= 11 is 7.67. The molecule has 31 heavy (non-hydrogen) atoms. The lowest BCUT2D eigenvalue weighted by atomic mass is 10.1. The molecule has 4 rings (SSSR count). The van der Waals surface area contributed by atoms with Gasteiger partial charge in [-0.3, -0.25) is 14.5 Å². The summed E-state index contributed by atoms with van der Waals surface area (Å²) in [4.78, 5) is 28.5. The first-order valence-electron chi connectivity index (χ1n) is 9.78. The molecule has 3 aromatic rings. The van der Waals surface area contributed by atoms with Crippen LogP contribution in [0.2, 0.25) is 5.02 Å². The van der Waals surface area contributed by atoms with Crippen molar-refractivity contribution in [2.75, 3.05) is 19.0 Å². The third-order valence-electron chi connectivity index (χ3n) is 5.16. The van der Waals surface area contributed by atoms with Gasteiger partial charge in [0.1, 0.15) is 11.4 Å². The summed E-state index contributed by atoms with van der Waals surface area (Å²) < 4.78 is 5.18. The molecule has 5 nitrogen and oxygen atoms in total. The largest absolute Gasteiger partial charge is 0.497 e. The van der Waals surface area contributed by atoms with E-state index in [1.165, 1.54) is 16.2 Å². The molecule has 0 unspecified atom stereocenters. The molecule has 2 amide bonds. The van der Waals surface area contributed by atoms with Crippen molar-refractivity contribution in [2.24, 2.45) is 0 Å². The van der Waals surface area contributed by atoms with E-state index in [0.717, 1.165) is 21.8 Å². The summed E-state index contributed by atoms with van der Waals surface area (Å²) in [6, 6.07) is 16.8. The maximum atomic E-state index is 13.2. The number of benzene rings is 2. The van der Waals surface area contributed by atoms with Crippen molar-refractivity contribution in [1.82, 2.24) is 4.90 Å². The van der Waals surface area contributed by atoms with Crippen LogP contribution in [0.15, 0.2) is 65.7 Å². The van der Waals surface area contributed by atoms with Gasteiger partial charge in [0.2, 0.25) is 0 Å². The van der Waals surface area contributed by atoms with Gasteiger partial charge in [-0.05, 0) is 60.2 Å². The molecule has 0 bridgehead atoms. The van der Waals surface area contributed by atoms with Crippen molar-refractivity contribution in [3.8, 4) is 5.75 Å². The first-order chi connectivity index (χ1) is 15.0. The van der Waals surface area contributed by atoms with Gasteiger partial charge >= 0.3 is 0 Å². The molecule has 0 saturated heterocycles. The molecule has 1 N–H and O–H groups in total. The van der Waals surface area contributed by atoms with Crippen molar-refractivity contribution < 1.29 is 14.3 Å². The summed E-state index contributed by atoms with van der Waals surface area (Å²) in [5.41, 5.74) is 3.30. The zero-order valence-electron chi connectivity index (χ0n) is 17.1. The van der Waals surface area contributed by atoms with Gasteiger partial charge in [0.05, 0.1) is 12.7 Å². The predicted molar refractivity (Wildman–Crippen MR) is 124 cm³/mol. The predicted octanol–water partition coefficient (Wildman–Crippen LogP) is 5.15. The van der Waals surface area contributed by atoms with Crippen LogP contribution in [0.3, 0.4) is 0 Å². The van der Waals surface area contributed by atoms with Gasteiger partial charge in [-0.2, -0.15) is 0 Å². The molecular formula is C24H21ClN2O3S. The number of thiophene rings is 1. The summed E-state index contributed by atoms with van der Waals surface area (Å²) in [6.07, 6.45) is 0.558. The first-order valence-corrected chi connectivity index (χ1v) is 11.0. The number of carbonyl (C=O) groups excluding carboxylic acids is 2. The highest BCUT2D eigenvalue weighted by atomic mass is 35.5. The van der Waals surface area contributed by atoms with Gasteiger partial charge in [-0.15, -0.1) is 11.3 Å². The van der Waals surface area contributed by atoms with Crippen molar-refractivity contribution in [3.63, 3.8) is 0 Å². The van der Waals surface area contributed by atoms with Crippen LogP contribution in [-0.2, 0) is 16.0 Å². The molecular weight excluding hydrogens is 432 g/mol. The zero-order chi connectivity index (χ0) is 22.0. The van der Waals surface area contributed by atoms with E-state index in [1.807, 2.05) is 60.8 Å². The molecule has 158 valence electrons. The minimum absolute atomic E-state index is 0.280. The maximum absolute atomic E-state index is 13.2. The minimum Gasteiger partial charge on any atom is -0.497 e. The van der Waals surface area contributed by atoms with Crippen LogP contribution in [0.5, 0.6) is 5.75 Å². The second-order valence-electron chi connectivity index (χ2n) is 7.18. The average molecular weight is 453 g/mol. The maximum Gasteiger partial charge on any atom is 0.278 e. The van der Waals surface area contributed by atoms with E-state index in [4.69, 9.17) is 16.3 Å². The molecule has 7 heteroatoms. The van der Waals surface area contributed by atoms with Crippen molar-refractivity contribution >= 4 is 46.0 Å². The summed E-state index contributed by atoms with van der Waals surface area (Å²) in [5.74, 6) is 0.141. The SMILES string of the molecule is COc1ccc(CCN2C(=O)C(Nc3ccc(C)c(Cl)c3)=C(c3cccs3)C2=O)cc1. The van der Waals surface area contributed by atoms with Crippen LogP contribution in [0.4, 0.5) is 5.69 Å². The van der Waals surface area contributed by atoms with E-state index in [1.54, 1.807) is 13.2 Å². The molecule has 0 radical (unpaired) electrons. The van der Waals surface area contributed by atoms with Gasteiger partial charge in [0.25, 0.3) is 11.8 Å². The van der Waals surface area contributed by atoms with Crippen LogP contribution >= 0.6 is 22.9 Å². The van der Waals surface area contributed by atoms with Crippen LogP contribution < -0.4 is 10.1 Å². The van der Waals surface area contributed by atoms with E-state index in [2.05, 4.69) is 5.32 Å². The normalized spacial score (nSPS) is 13.8. The molecule has 0 aliphatic carbocycles. The van der Waals surface area contributed by atoms with Crippen LogP contribution in [0.1, 0.15) is 16.0 Å². The van der Waals surface area contributed by atoms with E-state index >= 15 is 0 Å². The standard InChI is InChI=1S/C24H21ClN2O3S/c1-15-5-8-17(14-19(15)25)26-22-21(20-4-3-13-31-20)23(28)27(24(22)29)12-11-16-6-9-18(30-2)10-7-16/h3-10,13-14,26H,11-12H2,1-2H3. The number of imide groups is 1. The second-order valence-corrected chi connectivity index (χ2v) is 8.53. The summed E-state index contributed by atoms with van der Waals surface area (Å²) in [5, 5.41) is 5.63. The first kappa shape index (κ1) is 21.2. The number of carbonyl (C=O) groups is 2. The summed E-state index contributed by atoms with van der Waals surface area (Å²) in [7, 11) is 1.62. The molecule has 0 atom stereocenters. The average Bonchev–Trinajstić information content (AvgIpc) is 3.37. The number of hydrogen-bond acceptors (Lipinski definition) is 5. The molecule has 1 aromatic heterocycles. The van der Waals surface area contributed by atoms with Gasteiger partial charge < -0.3 is 10.1 Å². The highest BCUT2D eigenvalue weighted by molar-refractivity contribution is 7.11. The lowest BCUT2D eigenvalue weighted by molar-refractivity contribution is -0.136. The van der Waals surface area contributed by atoms with Crippen molar-refractivity contribution in [3.05, 3.63) is 86.7 Å². The third kappa shape index (κ3) is 4.36. The fraction of sp³-hybridized carbons (Fsp3) is 0.167. The number of nitrogens with one attached hydrogen (secondary N) is 1. The number of rotatable bonds is 7. The number of hydrogen-bond donors (Lipinski definition) is 1. The number of halogens is 1. The molecule has 0 fully saturated rings. The Labute approximate surface area is 189 Å². The quantitative estimate of drug-likeness (QED) is 0.503. The molecule has 2 aromatic carbocycles. The van der Waals surface area contributed by atoms with E-state index in [9.17, 15) is 9.59 Å². The topological polar surface area (TPSA) is 58.6 Å². The Morgan fingerprint density at radius 1 is 1.06 bits per heavy atom. The molecule has 0 saturated carbocycles. The Morgan fingerprint density at radius 2 is 1.84 bits per heavy atom.